The number of carbonyl (C=O) groups is 1. The van der Waals surface area contributed by atoms with Gasteiger partial charge in [-0.2, -0.15) is 0 Å². The SMILES string of the molecule is Cc1c(-c2ccn3c2c(=O)[nH]c2cc(C(C)(C)O)ccc23)cccc1N1CNc2c(F)cccc2C1=O. The summed E-state index contributed by atoms with van der Waals surface area (Å²) < 4.78 is 16.0. The zero-order valence-corrected chi connectivity index (χ0v) is 20.6. The fourth-order valence-corrected chi connectivity index (χ4v) is 5.15. The Kier molecular flexibility index (Phi) is 5.00. The van der Waals surface area contributed by atoms with Crippen LogP contribution in [-0.2, 0) is 5.60 Å². The van der Waals surface area contributed by atoms with Crippen LogP contribution >= 0.6 is 0 Å². The molecule has 3 aromatic carbocycles. The van der Waals surface area contributed by atoms with E-state index in [0.717, 1.165) is 22.2 Å². The molecule has 3 heterocycles. The molecule has 0 bridgehead atoms. The molecule has 0 spiro atoms. The van der Waals surface area contributed by atoms with Crippen LogP contribution in [0.15, 0.2) is 71.7 Å². The van der Waals surface area contributed by atoms with Crippen molar-refractivity contribution in [1.29, 1.82) is 0 Å². The number of para-hydroxylation sites is 1. The second-order valence-electron chi connectivity index (χ2n) is 9.87. The van der Waals surface area contributed by atoms with Gasteiger partial charge in [0, 0.05) is 17.4 Å². The number of nitrogens with one attached hydrogen (secondary N) is 2. The number of aromatic amines is 1. The van der Waals surface area contributed by atoms with E-state index in [4.69, 9.17) is 0 Å². The van der Waals surface area contributed by atoms with Crippen LogP contribution in [0.2, 0.25) is 0 Å². The highest BCUT2D eigenvalue weighted by Gasteiger charge is 2.29. The summed E-state index contributed by atoms with van der Waals surface area (Å²) in [6, 6.07) is 17.5. The van der Waals surface area contributed by atoms with Crippen LogP contribution in [0.1, 0.15) is 35.3 Å². The fraction of sp³-hybridized carbons (Fsp3) is 0.172. The van der Waals surface area contributed by atoms with Crippen molar-refractivity contribution in [3.8, 4) is 11.1 Å². The molecule has 186 valence electrons. The number of halogens is 1. The summed E-state index contributed by atoms with van der Waals surface area (Å²) in [6.45, 7) is 5.44. The normalized spacial score (nSPS) is 13.8. The summed E-state index contributed by atoms with van der Waals surface area (Å²) in [5, 5.41) is 13.4. The average Bonchev–Trinajstić information content (AvgIpc) is 3.30. The van der Waals surface area contributed by atoms with E-state index in [2.05, 4.69) is 10.3 Å². The smallest absolute Gasteiger partial charge is 0.273 e. The van der Waals surface area contributed by atoms with E-state index in [-0.39, 0.29) is 29.4 Å². The minimum atomic E-state index is -1.04. The molecule has 37 heavy (non-hydrogen) atoms. The molecule has 0 aliphatic carbocycles. The number of hydrogen-bond acceptors (Lipinski definition) is 4. The quantitative estimate of drug-likeness (QED) is 0.322. The van der Waals surface area contributed by atoms with Gasteiger partial charge in [-0.25, -0.2) is 4.39 Å². The Morgan fingerprint density at radius 1 is 0.973 bits per heavy atom. The summed E-state index contributed by atoms with van der Waals surface area (Å²) in [5.41, 5.74) is 4.86. The second-order valence-corrected chi connectivity index (χ2v) is 9.87. The molecule has 1 amide bonds. The minimum Gasteiger partial charge on any atom is -0.386 e. The zero-order chi connectivity index (χ0) is 26.1. The molecule has 8 heteroatoms. The molecule has 1 aliphatic rings. The highest BCUT2D eigenvalue weighted by atomic mass is 19.1. The van der Waals surface area contributed by atoms with Crippen LogP contribution in [0, 0.1) is 12.7 Å². The standard InChI is InChI=1S/C29H25FN4O3/c1-16-18(6-5-9-23(16)34-15-31-25-20(28(34)36)7-4-8-21(25)30)19-12-13-33-24-11-10-17(29(2,3)37)14-22(24)32-27(35)26(19)33/h4-14,31,37H,15H2,1-3H3,(H,32,35). The van der Waals surface area contributed by atoms with Crippen LogP contribution in [0.5, 0.6) is 0 Å². The molecule has 5 aromatic rings. The molecule has 0 saturated heterocycles. The van der Waals surface area contributed by atoms with Crippen LogP contribution in [0.4, 0.5) is 15.8 Å². The first-order valence-electron chi connectivity index (χ1n) is 12.0. The van der Waals surface area contributed by atoms with Crippen molar-refractivity contribution >= 4 is 33.8 Å². The molecular formula is C29H25FN4O3. The number of amides is 1. The van der Waals surface area contributed by atoms with Crippen molar-refractivity contribution in [2.24, 2.45) is 0 Å². The minimum absolute atomic E-state index is 0.127. The largest absolute Gasteiger partial charge is 0.386 e. The van der Waals surface area contributed by atoms with E-state index >= 15 is 0 Å². The molecule has 0 atom stereocenters. The van der Waals surface area contributed by atoms with Crippen molar-refractivity contribution in [2.75, 3.05) is 16.9 Å². The van der Waals surface area contributed by atoms with Gasteiger partial charge in [-0.3, -0.25) is 14.5 Å². The van der Waals surface area contributed by atoms with Crippen molar-refractivity contribution in [3.05, 3.63) is 99.7 Å². The molecule has 7 nitrogen and oxygen atoms in total. The maximum Gasteiger partial charge on any atom is 0.273 e. The molecule has 2 aromatic heterocycles. The Balaban J connectivity index is 1.48. The molecule has 1 aliphatic heterocycles. The van der Waals surface area contributed by atoms with Gasteiger partial charge in [0.2, 0.25) is 0 Å². The number of anilines is 2. The Morgan fingerprint density at radius 3 is 2.51 bits per heavy atom. The van der Waals surface area contributed by atoms with Crippen molar-refractivity contribution in [3.63, 3.8) is 0 Å². The lowest BCUT2D eigenvalue weighted by Gasteiger charge is -2.31. The lowest BCUT2D eigenvalue weighted by molar-refractivity contribution is 0.0787. The van der Waals surface area contributed by atoms with Gasteiger partial charge in [0.25, 0.3) is 11.5 Å². The van der Waals surface area contributed by atoms with E-state index in [1.807, 2.05) is 53.9 Å². The van der Waals surface area contributed by atoms with Gasteiger partial charge in [-0.1, -0.05) is 24.3 Å². The number of nitrogens with zero attached hydrogens (tertiary/aromatic N) is 2. The van der Waals surface area contributed by atoms with Gasteiger partial charge in [0.1, 0.15) is 11.3 Å². The van der Waals surface area contributed by atoms with E-state index in [9.17, 15) is 19.1 Å². The summed E-state index contributed by atoms with van der Waals surface area (Å²) in [4.78, 5) is 31.1. The summed E-state index contributed by atoms with van der Waals surface area (Å²) in [5.74, 6) is -0.751. The van der Waals surface area contributed by atoms with Gasteiger partial charge < -0.3 is 19.8 Å². The van der Waals surface area contributed by atoms with Crippen LogP contribution in [0.3, 0.4) is 0 Å². The number of benzene rings is 3. The number of carbonyl (C=O) groups excluding carboxylic acids is 1. The first-order chi connectivity index (χ1) is 17.6. The van der Waals surface area contributed by atoms with Gasteiger partial charge in [-0.15, -0.1) is 0 Å². The number of fused-ring (bicyclic) bond motifs is 4. The zero-order valence-electron chi connectivity index (χ0n) is 20.6. The third kappa shape index (κ3) is 3.52. The Labute approximate surface area is 211 Å². The van der Waals surface area contributed by atoms with Crippen molar-refractivity contribution in [2.45, 2.75) is 26.4 Å². The number of rotatable bonds is 3. The topological polar surface area (TPSA) is 89.8 Å². The molecule has 0 unspecified atom stereocenters. The number of aliphatic hydroxyl groups is 1. The average molecular weight is 497 g/mol. The summed E-state index contributed by atoms with van der Waals surface area (Å²) in [6.07, 6.45) is 1.85. The predicted molar refractivity (Wildman–Crippen MR) is 143 cm³/mol. The first-order valence-corrected chi connectivity index (χ1v) is 12.0. The van der Waals surface area contributed by atoms with E-state index in [1.165, 1.54) is 12.1 Å². The highest BCUT2D eigenvalue weighted by molar-refractivity contribution is 6.12. The third-order valence-corrected chi connectivity index (χ3v) is 7.10. The van der Waals surface area contributed by atoms with E-state index < -0.39 is 11.4 Å². The number of H-pyrrole nitrogens is 1. The van der Waals surface area contributed by atoms with E-state index in [1.54, 1.807) is 30.9 Å². The third-order valence-electron chi connectivity index (χ3n) is 7.10. The molecule has 0 saturated carbocycles. The Morgan fingerprint density at radius 2 is 1.73 bits per heavy atom. The number of aromatic nitrogens is 2. The van der Waals surface area contributed by atoms with E-state index in [0.29, 0.717) is 22.3 Å². The summed E-state index contributed by atoms with van der Waals surface area (Å²) in [7, 11) is 0. The molecule has 0 radical (unpaired) electrons. The van der Waals surface area contributed by atoms with Gasteiger partial charge in [-0.05, 0) is 73.9 Å². The Bertz CT molecular complexity index is 1800. The lowest BCUT2D eigenvalue weighted by atomic mass is 9.97. The maximum absolute atomic E-state index is 14.2. The molecule has 0 fully saturated rings. The number of hydrogen-bond donors (Lipinski definition) is 3. The van der Waals surface area contributed by atoms with Crippen LogP contribution in [-0.4, -0.2) is 27.1 Å². The van der Waals surface area contributed by atoms with Crippen molar-refractivity contribution in [1.82, 2.24) is 9.38 Å². The van der Waals surface area contributed by atoms with Gasteiger partial charge in [0.05, 0.1) is 34.6 Å². The summed E-state index contributed by atoms with van der Waals surface area (Å²) >= 11 is 0. The highest BCUT2D eigenvalue weighted by Crippen LogP contribution is 2.36. The predicted octanol–water partition coefficient (Wildman–Crippen LogP) is 5.15. The molecule has 3 N–H and O–H groups in total. The lowest BCUT2D eigenvalue weighted by Crippen LogP contribution is -2.40. The second kappa shape index (κ2) is 8.04. The van der Waals surface area contributed by atoms with Gasteiger partial charge >= 0.3 is 0 Å². The molecule has 6 rings (SSSR count). The van der Waals surface area contributed by atoms with Crippen molar-refractivity contribution < 1.29 is 14.3 Å². The Hall–Kier alpha value is -4.43. The van der Waals surface area contributed by atoms with Crippen LogP contribution in [0.25, 0.3) is 27.7 Å². The van der Waals surface area contributed by atoms with Crippen LogP contribution < -0.4 is 15.8 Å². The fourth-order valence-electron chi connectivity index (χ4n) is 5.15. The molecular weight excluding hydrogens is 471 g/mol. The van der Waals surface area contributed by atoms with Gasteiger partial charge in [0.15, 0.2) is 0 Å². The first kappa shape index (κ1) is 23.0. The maximum atomic E-state index is 14.2. The monoisotopic (exact) mass is 496 g/mol.